The lowest BCUT2D eigenvalue weighted by Gasteiger charge is -2.18. The third kappa shape index (κ3) is 3.42. The smallest absolute Gasteiger partial charge is 0.231 e. The molecular weight excluding hydrogens is 256 g/mol. The lowest BCUT2D eigenvalue weighted by atomic mass is 10.0. The van der Waals surface area contributed by atoms with Crippen LogP contribution in [0.2, 0.25) is 0 Å². The van der Waals surface area contributed by atoms with Crippen molar-refractivity contribution in [2.75, 3.05) is 6.79 Å². The summed E-state index contributed by atoms with van der Waals surface area (Å²) in [5.74, 6) is 1.73. The first kappa shape index (κ1) is 14.7. The zero-order valence-corrected chi connectivity index (χ0v) is 12.2. The zero-order chi connectivity index (χ0) is 14.7. The van der Waals surface area contributed by atoms with E-state index >= 15 is 0 Å². The van der Waals surface area contributed by atoms with Gasteiger partial charge in [0.05, 0.1) is 6.04 Å². The number of hydrogen-bond acceptors (Lipinski definition) is 4. The largest absolute Gasteiger partial charge is 0.454 e. The van der Waals surface area contributed by atoms with Gasteiger partial charge in [0, 0.05) is 12.5 Å². The third-order valence-corrected chi connectivity index (χ3v) is 3.55. The van der Waals surface area contributed by atoms with Crippen molar-refractivity contribution in [3.8, 4) is 11.5 Å². The quantitative estimate of drug-likeness (QED) is 0.863. The molecule has 1 aromatic carbocycles. The minimum atomic E-state index is -0.112. The summed E-state index contributed by atoms with van der Waals surface area (Å²) in [5, 5.41) is 2.96. The number of nitrogens with two attached hydrogens (primary N) is 1. The third-order valence-electron chi connectivity index (χ3n) is 3.55. The van der Waals surface area contributed by atoms with E-state index in [1.165, 1.54) is 0 Å². The van der Waals surface area contributed by atoms with E-state index in [1.54, 1.807) is 0 Å². The Hall–Kier alpha value is -1.75. The Morgan fingerprint density at radius 2 is 2.00 bits per heavy atom. The van der Waals surface area contributed by atoms with Crippen molar-refractivity contribution < 1.29 is 14.3 Å². The fourth-order valence-electron chi connectivity index (χ4n) is 2.02. The molecule has 20 heavy (non-hydrogen) atoms. The molecule has 5 heteroatoms. The SMILES string of the molecule is CC(NC(=O)CC(N)C(C)C)c1ccc2c(c1)OCO2. The number of carbonyl (C=O) groups is 1. The number of ether oxygens (including phenoxy) is 2. The van der Waals surface area contributed by atoms with Gasteiger partial charge in [-0.25, -0.2) is 0 Å². The molecule has 5 nitrogen and oxygen atoms in total. The Kier molecular flexibility index (Phi) is 4.49. The van der Waals surface area contributed by atoms with Gasteiger partial charge in [-0.2, -0.15) is 0 Å². The number of hydrogen-bond donors (Lipinski definition) is 2. The normalized spacial score (nSPS) is 16.1. The maximum Gasteiger partial charge on any atom is 0.231 e. The van der Waals surface area contributed by atoms with Crippen LogP contribution in [0.3, 0.4) is 0 Å². The summed E-state index contributed by atoms with van der Waals surface area (Å²) >= 11 is 0. The van der Waals surface area contributed by atoms with Crippen molar-refractivity contribution in [3.63, 3.8) is 0 Å². The van der Waals surface area contributed by atoms with E-state index in [9.17, 15) is 4.79 Å². The predicted octanol–water partition coefficient (Wildman–Crippen LogP) is 1.97. The highest BCUT2D eigenvalue weighted by Gasteiger charge is 2.18. The van der Waals surface area contributed by atoms with Crippen LogP contribution in [-0.4, -0.2) is 18.7 Å². The second-order valence-corrected chi connectivity index (χ2v) is 5.51. The summed E-state index contributed by atoms with van der Waals surface area (Å²) < 4.78 is 10.6. The van der Waals surface area contributed by atoms with Crippen molar-refractivity contribution in [3.05, 3.63) is 23.8 Å². The Morgan fingerprint density at radius 3 is 2.70 bits per heavy atom. The molecule has 0 spiro atoms. The maximum absolute atomic E-state index is 11.9. The summed E-state index contributed by atoms with van der Waals surface area (Å²) in [6, 6.07) is 5.49. The van der Waals surface area contributed by atoms with Crippen LogP contribution in [0.15, 0.2) is 18.2 Å². The van der Waals surface area contributed by atoms with Crippen molar-refractivity contribution in [1.29, 1.82) is 0 Å². The molecule has 2 rings (SSSR count). The van der Waals surface area contributed by atoms with Gasteiger partial charge in [0.15, 0.2) is 11.5 Å². The average Bonchev–Trinajstić information content (AvgIpc) is 2.85. The Balaban J connectivity index is 1.94. The number of fused-ring (bicyclic) bond motifs is 1. The molecule has 0 saturated carbocycles. The van der Waals surface area contributed by atoms with Crippen LogP contribution in [0.5, 0.6) is 11.5 Å². The van der Waals surface area contributed by atoms with Crippen LogP contribution in [0.1, 0.15) is 38.8 Å². The zero-order valence-electron chi connectivity index (χ0n) is 12.2. The standard InChI is InChI=1S/C15H22N2O3/c1-9(2)12(16)7-15(18)17-10(3)11-4-5-13-14(6-11)20-8-19-13/h4-6,9-10,12H,7-8,16H2,1-3H3,(H,17,18). The fraction of sp³-hybridized carbons (Fsp3) is 0.533. The fourth-order valence-corrected chi connectivity index (χ4v) is 2.02. The molecule has 0 radical (unpaired) electrons. The number of amides is 1. The Bertz CT molecular complexity index is 488. The van der Waals surface area contributed by atoms with E-state index in [2.05, 4.69) is 5.32 Å². The molecule has 0 aromatic heterocycles. The second kappa shape index (κ2) is 6.13. The van der Waals surface area contributed by atoms with Crippen LogP contribution in [0.25, 0.3) is 0 Å². The van der Waals surface area contributed by atoms with E-state index in [0.717, 1.165) is 17.1 Å². The molecular formula is C15H22N2O3. The van der Waals surface area contributed by atoms with E-state index in [-0.39, 0.29) is 24.8 Å². The van der Waals surface area contributed by atoms with Crippen LogP contribution in [-0.2, 0) is 4.79 Å². The molecule has 2 atom stereocenters. The van der Waals surface area contributed by atoms with Crippen molar-refractivity contribution >= 4 is 5.91 Å². The molecule has 1 aromatic rings. The van der Waals surface area contributed by atoms with Crippen LogP contribution in [0.4, 0.5) is 0 Å². The van der Waals surface area contributed by atoms with E-state index in [1.807, 2.05) is 39.0 Å². The molecule has 3 N–H and O–H groups in total. The van der Waals surface area contributed by atoms with E-state index in [4.69, 9.17) is 15.2 Å². The molecule has 110 valence electrons. The topological polar surface area (TPSA) is 73.6 Å². The second-order valence-electron chi connectivity index (χ2n) is 5.51. The number of carbonyl (C=O) groups excluding carboxylic acids is 1. The van der Waals surface area contributed by atoms with Gasteiger partial charge in [0.25, 0.3) is 0 Å². The van der Waals surface area contributed by atoms with Gasteiger partial charge in [-0.1, -0.05) is 19.9 Å². The van der Waals surface area contributed by atoms with Gasteiger partial charge >= 0.3 is 0 Å². The molecule has 1 heterocycles. The molecule has 2 unspecified atom stereocenters. The van der Waals surface area contributed by atoms with Gasteiger partial charge in [-0.15, -0.1) is 0 Å². The molecule has 0 bridgehead atoms. The number of benzene rings is 1. The Morgan fingerprint density at radius 1 is 1.30 bits per heavy atom. The van der Waals surface area contributed by atoms with Gasteiger partial charge in [-0.3, -0.25) is 4.79 Å². The van der Waals surface area contributed by atoms with Crippen molar-refractivity contribution in [2.45, 2.75) is 39.3 Å². The van der Waals surface area contributed by atoms with Crippen molar-refractivity contribution in [2.24, 2.45) is 11.7 Å². The first-order valence-corrected chi connectivity index (χ1v) is 6.92. The first-order valence-electron chi connectivity index (χ1n) is 6.92. The minimum Gasteiger partial charge on any atom is -0.454 e. The highest BCUT2D eigenvalue weighted by Crippen LogP contribution is 2.34. The van der Waals surface area contributed by atoms with Gasteiger partial charge < -0.3 is 20.5 Å². The summed E-state index contributed by atoms with van der Waals surface area (Å²) in [6.07, 6.45) is 0.340. The Labute approximate surface area is 119 Å². The van der Waals surface area contributed by atoms with E-state index < -0.39 is 0 Å². The van der Waals surface area contributed by atoms with Gasteiger partial charge in [-0.05, 0) is 30.5 Å². The van der Waals surface area contributed by atoms with Gasteiger partial charge in [0.2, 0.25) is 12.7 Å². The van der Waals surface area contributed by atoms with Crippen LogP contribution >= 0.6 is 0 Å². The average molecular weight is 278 g/mol. The molecule has 1 aliphatic heterocycles. The predicted molar refractivity (Wildman–Crippen MR) is 76.6 cm³/mol. The van der Waals surface area contributed by atoms with Crippen LogP contribution in [0, 0.1) is 5.92 Å². The summed E-state index contributed by atoms with van der Waals surface area (Å²) in [4.78, 5) is 11.9. The summed E-state index contributed by atoms with van der Waals surface area (Å²) in [6.45, 7) is 6.22. The molecule has 1 amide bonds. The molecule has 0 fully saturated rings. The van der Waals surface area contributed by atoms with Crippen LogP contribution < -0.4 is 20.5 Å². The highest BCUT2D eigenvalue weighted by atomic mass is 16.7. The summed E-state index contributed by atoms with van der Waals surface area (Å²) in [5.41, 5.74) is 6.89. The number of nitrogens with one attached hydrogen (secondary N) is 1. The maximum atomic E-state index is 11.9. The molecule has 0 saturated heterocycles. The highest BCUT2D eigenvalue weighted by molar-refractivity contribution is 5.77. The summed E-state index contributed by atoms with van der Waals surface area (Å²) in [7, 11) is 0. The van der Waals surface area contributed by atoms with Crippen molar-refractivity contribution in [1.82, 2.24) is 5.32 Å². The first-order chi connectivity index (χ1) is 9.47. The lowest BCUT2D eigenvalue weighted by molar-refractivity contribution is -0.122. The lowest BCUT2D eigenvalue weighted by Crippen LogP contribution is -2.35. The van der Waals surface area contributed by atoms with Gasteiger partial charge in [0.1, 0.15) is 0 Å². The molecule has 1 aliphatic rings. The monoisotopic (exact) mass is 278 g/mol. The minimum absolute atomic E-state index is 0.0311. The van der Waals surface area contributed by atoms with E-state index in [0.29, 0.717) is 12.3 Å². The molecule has 0 aliphatic carbocycles. The number of rotatable bonds is 5.